The molecule has 2 aromatic heterocycles. The van der Waals surface area contributed by atoms with Crippen molar-refractivity contribution in [1.29, 1.82) is 0 Å². The molecule has 0 N–H and O–H groups in total. The maximum atomic E-state index is 11.0. The first-order chi connectivity index (χ1) is 7.86. The molecular formula is C10H12N4O2. The summed E-state index contributed by atoms with van der Waals surface area (Å²) >= 11 is 0. The highest BCUT2D eigenvalue weighted by molar-refractivity contribution is 5.87. The molecule has 0 bridgehead atoms. The Labute approximate surface area is 92.2 Å². The van der Waals surface area contributed by atoms with Gasteiger partial charge in [-0.1, -0.05) is 13.3 Å². The molecule has 6 nitrogen and oxygen atoms in total. The van der Waals surface area contributed by atoms with E-state index in [-0.39, 0.29) is 0 Å². The van der Waals surface area contributed by atoms with Gasteiger partial charge in [0.05, 0.1) is 6.61 Å². The third-order valence-corrected chi connectivity index (χ3v) is 2.24. The van der Waals surface area contributed by atoms with Crippen LogP contribution in [-0.4, -0.2) is 32.9 Å². The van der Waals surface area contributed by atoms with E-state index in [2.05, 4.69) is 22.4 Å². The maximum Gasteiger partial charge on any atom is 0.193 e. The average molecular weight is 220 g/mol. The van der Waals surface area contributed by atoms with Gasteiger partial charge in [-0.05, 0) is 22.9 Å². The van der Waals surface area contributed by atoms with Gasteiger partial charge in [-0.3, -0.25) is 4.79 Å². The van der Waals surface area contributed by atoms with E-state index in [9.17, 15) is 4.79 Å². The standard InChI is InChI=1S/C10H12N4O2/c1-2-3-6-16-9-4-5-14-10(8(9)7-15)11-12-13-14/h4-5,7H,2-3,6H2,1H3. The van der Waals surface area contributed by atoms with Gasteiger partial charge in [-0.15, -0.1) is 5.10 Å². The Kier molecular flexibility index (Phi) is 3.09. The Balaban J connectivity index is 2.32. The number of tetrazole rings is 1. The predicted octanol–water partition coefficient (Wildman–Crippen LogP) is 1.12. The zero-order chi connectivity index (χ0) is 11.4. The summed E-state index contributed by atoms with van der Waals surface area (Å²) in [6, 6.07) is 1.70. The van der Waals surface area contributed by atoms with Gasteiger partial charge in [0.25, 0.3) is 0 Å². The molecule has 0 amide bonds. The zero-order valence-corrected chi connectivity index (χ0v) is 8.96. The molecule has 6 heteroatoms. The quantitative estimate of drug-likeness (QED) is 0.557. The van der Waals surface area contributed by atoms with Crippen molar-refractivity contribution in [2.45, 2.75) is 19.8 Å². The minimum Gasteiger partial charge on any atom is -0.493 e. The molecule has 2 rings (SSSR count). The number of nitrogens with zero attached hydrogens (tertiary/aromatic N) is 4. The summed E-state index contributed by atoms with van der Waals surface area (Å²) < 4.78 is 6.95. The lowest BCUT2D eigenvalue weighted by molar-refractivity contribution is 0.112. The van der Waals surface area contributed by atoms with Crippen molar-refractivity contribution in [3.05, 3.63) is 17.8 Å². The van der Waals surface area contributed by atoms with Crippen LogP contribution in [0.15, 0.2) is 12.3 Å². The Morgan fingerprint density at radius 1 is 1.56 bits per heavy atom. The van der Waals surface area contributed by atoms with Crippen molar-refractivity contribution in [3.63, 3.8) is 0 Å². The van der Waals surface area contributed by atoms with Gasteiger partial charge in [0.1, 0.15) is 11.3 Å². The molecule has 0 saturated carbocycles. The van der Waals surface area contributed by atoms with Crippen LogP contribution in [0, 0.1) is 0 Å². The molecule has 0 unspecified atom stereocenters. The second-order valence-corrected chi connectivity index (χ2v) is 3.36. The van der Waals surface area contributed by atoms with Crippen molar-refractivity contribution < 1.29 is 9.53 Å². The molecule has 2 aromatic rings. The smallest absolute Gasteiger partial charge is 0.193 e. The number of fused-ring (bicyclic) bond motifs is 1. The number of hydrogen-bond acceptors (Lipinski definition) is 5. The lowest BCUT2D eigenvalue weighted by Gasteiger charge is -2.07. The highest BCUT2D eigenvalue weighted by atomic mass is 16.5. The third kappa shape index (κ3) is 1.86. The fourth-order valence-electron chi connectivity index (χ4n) is 1.37. The van der Waals surface area contributed by atoms with Crippen LogP contribution >= 0.6 is 0 Å². The SMILES string of the molecule is CCCCOc1ccn2nnnc2c1C=O. The van der Waals surface area contributed by atoms with Crippen LogP contribution < -0.4 is 4.74 Å². The Bertz CT molecular complexity index is 495. The number of unbranched alkanes of at least 4 members (excludes halogenated alkanes) is 1. The maximum absolute atomic E-state index is 11.0. The van der Waals surface area contributed by atoms with Gasteiger partial charge in [-0.2, -0.15) is 4.52 Å². The lowest BCUT2D eigenvalue weighted by Crippen LogP contribution is -2.02. The largest absolute Gasteiger partial charge is 0.493 e. The summed E-state index contributed by atoms with van der Waals surface area (Å²) in [5.74, 6) is 0.533. The van der Waals surface area contributed by atoms with E-state index < -0.39 is 0 Å². The van der Waals surface area contributed by atoms with Crippen LogP contribution in [0.2, 0.25) is 0 Å². The number of aromatic nitrogens is 4. The number of carbonyl (C=O) groups is 1. The van der Waals surface area contributed by atoms with Crippen molar-refractivity contribution in [2.24, 2.45) is 0 Å². The predicted molar refractivity (Wildman–Crippen MR) is 56.6 cm³/mol. The van der Waals surface area contributed by atoms with Crippen LogP contribution in [0.1, 0.15) is 30.1 Å². The van der Waals surface area contributed by atoms with E-state index in [1.54, 1.807) is 12.3 Å². The molecular weight excluding hydrogens is 208 g/mol. The molecule has 0 aromatic carbocycles. The number of ether oxygens (including phenoxy) is 1. The van der Waals surface area contributed by atoms with Crippen LogP contribution in [0.4, 0.5) is 0 Å². The number of hydrogen-bond donors (Lipinski definition) is 0. The molecule has 0 radical (unpaired) electrons. The van der Waals surface area contributed by atoms with Gasteiger partial charge in [0.2, 0.25) is 0 Å². The van der Waals surface area contributed by atoms with Gasteiger partial charge >= 0.3 is 0 Å². The van der Waals surface area contributed by atoms with E-state index in [4.69, 9.17) is 4.74 Å². The van der Waals surface area contributed by atoms with E-state index >= 15 is 0 Å². The first kappa shape index (κ1) is 10.5. The van der Waals surface area contributed by atoms with Crippen LogP contribution in [0.25, 0.3) is 5.65 Å². The van der Waals surface area contributed by atoms with Gasteiger partial charge in [0, 0.05) is 6.20 Å². The van der Waals surface area contributed by atoms with Gasteiger partial charge in [0.15, 0.2) is 11.9 Å². The number of pyridine rings is 1. The normalized spacial score (nSPS) is 10.6. The first-order valence-corrected chi connectivity index (χ1v) is 5.15. The van der Waals surface area contributed by atoms with E-state index in [1.165, 1.54) is 4.52 Å². The molecule has 2 heterocycles. The number of carbonyl (C=O) groups excluding carboxylic acids is 1. The van der Waals surface area contributed by atoms with Crippen LogP contribution in [0.3, 0.4) is 0 Å². The second-order valence-electron chi connectivity index (χ2n) is 3.36. The molecule has 16 heavy (non-hydrogen) atoms. The molecule has 0 atom stereocenters. The fraction of sp³-hybridized carbons (Fsp3) is 0.400. The monoisotopic (exact) mass is 220 g/mol. The fourth-order valence-corrected chi connectivity index (χ4v) is 1.37. The van der Waals surface area contributed by atoms with Crippen molar-refractivity contribution >= 4 is 11.9 Å². The van der Waals surface area contributed by atoms with E-state index in [0.29, 0.717) is 29.9 Å². The Morgan fingerprint density at radius 3 is 3.19 bits per heavy atom. The number of rotatable bonds is 5. The molecule has 0 fully saturated rings. The zero-order valence-electron chi connectivity index (χ0n) is 8.96. The Morgan fingerprint density at radius 2 is 2.44 bits per heavy atom. The molecule has 84 valence electrons. The van der Waals surface area contributed by atoms with Crippen LogP contribution in [-0.2, 0) is 0 Å². The summed E-state index contributed by atoms with van der Waals surface area (Å²) in [6.45, 7) is 2.67. The second kappa shape index (κ2) is 4.69. The third-order valence-electron chi connectivity index (χ3n) is 2.24. The molecule has 0 aliphatic rings. The summed E-state index contributed by atoms with van der Waals surface area (Å²) in [6.07, 6.45) is 4.39. The highest BCUT2D eigenvalue weighted by Crippen LogP contribution is 2.19. The first-order valence-electron chi connectivity index (χ1n) is 5.15. The van der Waals surface area contributed by atoms with Gasteiger partial charge in [-0.25, -0.2) is 0 Å². The summed E-state index contributed by atoms with van der Waals surface area (Å²) in [5.41, 5.74) is 0.813. The topological polar surface area (TPSA) is 69.4 Å². The minimum absolute atomic E-state index is 0.392. The Hall–Kier alpha value is -1.98. The molecule has 0 aliphatic carbocycles. The molecule has 0 spiro atoms. The summed E-state index contributed by atoms with van der Waals surface area (Å²) in [7, 11) is 0. The van der Waals surface area contributed by atoms with E-state index in [1.807, 2.05) is 0 Å². The molecule has 0 aliphatic heterocycles. The average Bonchev–Trinajstić information content (AvgIpc) is 2.77. The van der Waals surface area contributed by atoms with Crippen molar-refractivity contribution in [1.82, 2.24) is 20.0 Å². The number of aldehydes is 1. The van der Waals surface area contributed by atoms with Gasteiger partial charge < -0.3 is 4.74 Å². The highest BCUT2D eigenvalue weighted by Gasteiger charge is 2.10. The lowest BCUT2D eigenvalue weighted by atomic mass is 10.2. The molecule has 0 saturated heterocycles. The van der Waals surface area contributed by atoms with Crippen molar-refractivity contribution in [3.8, 4) is 5.75 Å². The van der Waals surface area contributed by atoms with E-state index in [0.717, 1.165) is 12.8 Å². The van der Waals surface area contributed by atoms with Crippen LogP contribution in [0.5, 0.6) is 5.75 Å². The van der Waals surface area contributed by atoms with Crippen molar-refractivity contribution in [2.75, 3.05) is 6.61 Å². The minimum atomic E-state index is 0.392. The summed E-state index contributed by atoms with van der Waals surface area (Å²) in [5, 5.41) is 11.0. The summed E-state index contributed by atoms with van der Waals surface area (Å²) in [4.78, 5) is 11.0.